The Morgan fingerprint density at radius 2 is 1.79 bits per heavy atom. The zero-order valence-corrected chi connectivity index (χ0v) is 16.5. The van der Waals surface area contributed by atoms with Gasteiger partial charge in [-0.1, -0.05) is 30.3 Å². The number of benzene rings is 2. The van der Waals surface area contributed by atoms with Gasteiger partial charge in [-0.15, -0.1) is 0 Å². The molecule has 146 valence electrons. The fraction of sp³-hybridized carbons (Fsp3) is 0.190. The van der Waals surface area contributed by atoms with E-state index in [1.54, 1.807) is 43.3 Å². The largest absolute Gasteiger partial charge is 0.506 e. The van der Waals surface area contributed by atoms with Gasteiger partial charge in [0.1, 0.15) is 17.1 Å². The Kier molecular flexibility index (Phi) is 8.17. The first-order valence-corrected chi connectivity index (χ1v) is 9.19. The first kappa shape index (κ1) is 21.1. The van der Waals surface area contributed by atoms with E-state index >= 15 is 0 Å². The minimum atomic E-state index is -0.684. The van der Waals surface area contributed by atoms with Crippen molar-refractivity contribution >= 4 is 41.0 Å². The molecule has 0 amide bonds. The predicted molar refractivity (Wildman–Crippen MR) is 115 cm³/mol. The van der Waals surface area contributed by atoms with E-state index in [9.17, 15) is 9.90 Å². The molecule has 0 aromatic heterocycles. The van der Waals surface area contributed by atoms with Crippen LogP contribution in [0, 0.1) is 0 Å². The number of carbonyl (C=O) groups excluding carboxylic acids is 1. The monoisotopic (exact) mass is 398 g/mol. The van der Waals surface area contributed by atoms with Crippen molar-refractivity contribution < 1.29 is 19.4 Å². The molecule has 0 saturated carbocycles. The summed E-state index contributed by atoms with van der Waals surface area (Å²) in [4.78, 5) is 16.3. The summed E-state index contributed by atoms with van der Waals surface area (Å²) in [6, 6.07) is 15.9. The van der Waals surface area contributed by atoms with Crippen LogP contribution in [0.25, 0.3) is 5.76 Å². The fourth-order valence-electron chi connectivity index (χ4n) is 2.25. The highest BCUT2D eigenvalue weighted by Gasteiger charge is 2.16. The van der Waals surface area contributed by atoms with E-state index in [1.165, 1.54) is 6.21 Å². The van der Waals surface area contributed by atoms with E-state index < -0.39 is 5.97 Å². The summed E-state index contributed by atoms with van der Waals surface area (Å²) in [5.74, 6) is -0.161. The molecule has 0 radical (unpaired) electrons. The molecule has 2 aromatic carbocycles. The molecule has 0 bridgehead atoms. The van der Waals surface area contributed by atoms with Crippen molar-refractivity contribution in [1.29, 1.82) is 0 Å². The van der Waals surface area contributed by atoms with Crippen molar-refractivity contribution in [3.63, 3.8) is 0 Å². The van der Waals surface area contributed by atoms with Crippen molar-refractivity contribution in [2.45, 2.75) is 13.8 Å². The number of aliphatic hydroxyl groups excluding tert-OH is 1. The van der Waals surface area contributed by atoms with Gasteiger partial charge in [0.25, 0.3) is 0 Å². The van der Waals surface area contributed by atoms with Crippen LogP contribution in [0.15, 0.2) is 65.2 Å². The summed E-state index contributed by atoms with van der Waals surface area (Å²) in [5, 5.41) is 13.5. The number of esters is 1. The molecule has 7 heteroatoms. The third-order valence-electron chi connectivity index (χ3n) is 3.53. The van der Waals surface area contributed by atoms with E-state index in [0.29, 0.717) is 12.2 Å². The Labute approximate surface area is 169 Å². The van der Waals surface area contributed by atoms with Crippen molar-refractivity contribution in [2.24, 2.45) is 4.99 Å². The summed E-state index contributed by atoms with van der Waals surface area (Å²) < 4.78 is 10.4. The second-order valence-corrected chi connectivity index (χ2v) is 5.88. The highest BCUT2D eigenvalue weighted by molar-refractivity contribution is 7.80. The van der Waals surface area contributed by atoms with Gasteiger partial charge in [-0.05, 0) is 50.3 Å². The van der Waals surface area contributed by atoms with E-state index in [2.05, 4.69) is 10.3 Å². The van der Waals surface area contributed by atoms with Crippen LogP contribution >= 0.6 is 12.2 Å². The van der Waals surface area contributed by atoms with Gasteiger partial charge in [0.05, 0.1) is 13.2 Å². The summed E-state index contributed by atoms with van der Waals surface area (Å²) in [6.07, 6.45) is 1.20. The van der Waals surface area contributed by atoms with Crippen LogP contribution in [0.2, 0.25) is 0 Å². The molecule has 0 atom stereocenters. The van der Waals surface area contributed by atoms with Gasteiger partial charge in [0.2, 0.25) is 0 Å². The minimum absolute atomic E-state index is 0.0797. The Bertz CT molecular complexity index is 862. The number of nitrogens with zero attached hydrogens (tertiary/aromatic N) is 1. The second-order valence-electron chi connectivity index (χ2n) is 5.49. The number of thiocarbonyl (C=S) groups is 1. The summed E-state index contributed by atoms with van der Waals surface area (Å²) in [7, 11) is 0. The molecule has 0 aliphatic heterocycles. The Morgan fingerprint density at radius 3 is 2.39 bits per heavy atom. The number of aliphatic hydroxyl groups is 1. The lowest BCUT2D eigenvalue weighted by atomic mass is 10.1. The van der Waals surface area contributed by atoms with Crippen LogP contribution in [0.1, 0.15) is 19.4 Å². The third-order valence-corrected chi connectivity index (χ3v) is 3.73. The molecule has 0 fully saturated rings. The first-order chi connectivity index (χ1) is 13.5. The Morgan fingerprint density at radius 1 is 1.11 bits per heavy atom. The van der Waals surface area contributed by atoms with Gasteiger partial charge in [0, 0.05) is 17.5 Å². The molecule has 2 aromatic rings. The van der Waals surface area contributed by atoms with Gasteiger partial charge < -0.3 is 19.9 Å². The van der Waals surface area contributed by atoms with Crippen molar-refractivity contribution in [2.75, 3.05) is 18.5 Å². The minimum Gasteiger partial charge on any atom is -0.506 e. The zero-order valence-electron chi connectivity index (χ0n) is 15.7. The van der Waals surface area contributed by atoms with Crippen LogP contribution < -0.4 is 10.1 Å². The molecule has 0 aliphatic rings. The van der Waals surface area contributed by atoms with Gasteiger partial charge in [-0.2, -0.15) is 0 Å². The van der Waals surface area contributed by atoms with Crippen LogP contribution in [-0.4, -0.2) is 35.6 Å². The smallest absolute Gasteiger partial charge is 0.343 e. The standard InChI is InChI=1S/C21H22N2O4S/c1-3-26-17-12-10-16(11-13-17)23-21(28)22-14-18(20(25)27-4-2)19(24)15-8-6-5-7-9-15/h5-14,24H,3-4H2,1-2H3,(H,23,28)/b19-18+,22-14+. The van der Waals surface area contributed by atoms with Crippen LogP contribution in [0.3, 0.4) is 0 Å². The number of aliphatic imine (C=N–C) groups is 1. The first-order valence-electron chi connectivity index (χ1n) is 8.78. The quantitative estimate of drug-likeness (QED) is 0.237. The molecule has 0 saturated heterocycles. The van der Waals surface area contributed by atoms with E-state index in [0.717, 1.165) is 11.4 Å². The number of hydrogen-bond acceptors (Lipinski definition) is 5. The number of ether oxygens (including phenoxy) is 2. The summed E-state index contributed by atoms with van der Waals surface area (Å²) in [6.45, 7) is 4.36. The number of hydrogen-bond donors (Lipinski definition) is 2. The lowest BCUT2D eigenvalue weighted by molar-refractivity contribution is -0.137. The molecule has 0 unspecified atom stereocenters. The summed E-state index contributed by atoms with van der Waals surface area (Å²) in [5.41, 5.74) is 1.12. The van der Waals surface area contributed by atoms with Crippen LogP contribution in [0.4, 0.5) is 5.69 Å². The molecule has 0 aliphatic carbocycles. The van der Waals surface area contributed by atoms with E-state index in [4.69, 9.17) is 21.7 Å². The number of carbonyl (C=O) groups is 1. The molecular formula is C21H22N2O4S. The van der Waals surface area contributed by atoms with E-state index in [1.807, 2.05) is 25.1 Å². The molecule has 6 nitrogen and oxygen atoms in total. The average molecular weight is 398 g/mol. The zero-order chi connectivity index (χ0) is 20.4. The van der Waals surface area contributed by atoms with Crippen molar-refractivity contribution in [1.82, 2.24) is 0 Å². The van der Waals surface area contributed by atoms with Crippen LogP contribution in [0.5, 0.6) is 5.75 Å². The lowest BCUT2D eigenvalue weighted by Crippen LogP contribution is -2.13. The maximum absolute atomic E-state index is 12.2. The third kappa shape index (κ3) is 6.21. The predicted octanol–water partition coefficient (Wildman–Crippen LogP) is 4.39. The Hall–Kier alpha value is -3.19. The molecule has 0 spiro atoms. The lowest BCUT2D eigenvalue weighted by Gasteiger charge is -2.08. The fourth-order valence-corrected chi connectivity index (χ4v) is 2.42. The molecule has 2 rings (SSSR count). The van der Waals surface area contributed by atoms with E-state index in [-0.39, 0.29) is 23.1 Å². The molecular weight excluding hydrogens is 376 g/mol. The summed E-state index contributed by atoms with van der Waals surface area (Å²) >= 11 is 5.20. The maximum atomic E-state index is 12.2. The SMILES string of the molecule is CCOC(=O)C(/C=N/C(=S)Nc1ccc(OCC)cc1)=C(/O)c1ccccc1. The highest BCUT2D eigenvalue weighted by Crippen LogP contribution is 2.17. The Balaban J connectivity index is 2.17. The molecule has 28 heavy (non-hydrogen) atoms. The number of nitrogens with one attached hydrogen (secondary N) is 1. The number of rotatable bonds is 7. The normalized spacial score (nSPS) is 11.6. The average Bonchev–Trinajstić information content (AvgIpc) is 2.70. The van der Waals surface area contributed by atoms with Gasteiger partial charge >= 0.3 is 5.97 Å². The number of anilines is 1. The van der Waals surface area contributed by atoms with Gasteiger partial charge in [-0.25, -0.2) is 9.79 Å². The van der Waals surface area contributed by atoms with Crippen molar-refractivity contribution in [3.8, 4) is 5.75 Å². The highest BCUT2D eigenvalue weighted by atomic mass is 32.1. The van der Waals surface area contributed by atoms with Gasteiger partial charge in [0.15, 0.2) is 5.11 Å². The van der Waals surface area contributed by atoms with Gasteiger partial charge in [-0.3, -0.25) is 0 Å². The molecule has 2 N–H and O–H groups in total. The van der Waals surface area contributed by atoms with Crippen molar-refractivity contribution in [3.05, 3.63) is 65.7 Å². The molecule has 0 heterocycles. The second kappa shape index (κ2) is 10.8. The van der Waals surface area contributed by atoms with Crippen LogP contribution in [-0.2, 0) is 9.53 Å². The maximum Gasteiger partial charge on any atom is 0.343 e. The topological polar surface area (TPSA) is 80.2 Å².